The van der Waals surface area contributed by atoms with Gasteiger partial charge >= 0.3 is 6.18 Å². The Kier molecular flexibility index (Phi) is 5.95. The molecule has 0 aliphatic rings. The monoisotopic (exact) mass is 371 g/mol. The van der Waals surface area contributed by atoms with Gasteiger partial charge in [-0.1, -0.05) is 36.2 Å². The third-order valence-corrected chi connectivity index (χ3v) is 3.83. The maximum Gasteiger partial charge on any atom is 0.417 e. The number of carbonyl (C=O) groups is 1. The van der Waals surface area contributed by atoms with E-state index in [1.165, 1.54) is 6.07 Å². The normalized spacial score (nSPS) is 12.6. The van der Waals surface area contributed by atoms with Gasteiger partial charge in [0.2, 0.25) is 0 Å². The number of rotatable bonds is 5. The van der Waals surface area contributed by atoms with Crippen molar-refractivity contribution < 1.29 is 22.7 Å². The molecule has 0 fully saturated rings. The minimum atomic E-state index is -4.60. The van der Waals surface area contributed by atoms with E-state index in [1.807, 2.05) is 19.1 Å². The topological polar surface area (TPSA) is 38.3 Å². The fraction of sp³-hybridized carbons (Fsp3) is 0.278. The fourth-order valence-corrected chi connectivity index (χ4v) is 2.37. The molecule has 7 heteroatoms. The highest BCUT2D eigenvalue weighted by Gasteiger charge is 2.33. The molecule has 0 aromatic heterocycles. The van der Waals surface area contributed by atoms with Crippen molar-refractivity contribution in [3.63, 3.8) is 0 Å². The molecule has 0 aliphatic heterocycles. The summed E-state index contributed by atoms with van der Waals surface area (Å²) in [6, 6.07) is 10.4. The van der Waals surface area contributed by atoms with E-state index in [4.69, 9.17) is 16.3 Å². The lowest BCUT2D eigenvalue weighted by Crippen LogP contribution is -2.32. The maximum absolute atomic E-state index is 12.9. The molecule has 134 valence electrons. The van der Waals surface area contributed by atoms with Crippen LogP contribution in [0.5, 0.6) is 5.75 Å². The van der Waals surface area contributed by atoms with Crippen LogP contribution in [0.25, 0.3) is 0 Å². The standard InChI is InChI=1S/C18H17ClF3NO2/c1-3-16(25-13-7-4-11(2)5-8-13)17(24)23-12-6-9-15(19)14(10-12)18(20,21)22/h4-10,16H,3H2,1-2H3,(H,23,24)/t16-/m0/s1. The zero-order chi connectivity index (χ0) is 18.6. The molecule has 3 nitrogen and oxygen atoms in total. The molecular formula is C18H17ClF3NO2. The van der Waals surface area contributed by atoms with E-state index in [0.717, 1.165) is 17.7 Å². The SMILES string of the molecule is CC[C@H](Oc1ccc(C)cc1)C(=O)Nc1ccc(Cl)c(C(F)(F)F)c1. The number of alkyl halides is 3. The molecular weight excluding hydrogens is 355 g/mol. The largest absolute Gasteiger partial charge is 0.481 e. The molecule has 1 atom stereocenters. The van der Waals surface area contributed by atoms with Gasteiger partial charge in [0.15, 0.2) is 6.10 Å². The van der Waals surface area contributed by atoms with Crippen LogP contribution in [0, 0.1) is 6.92 Å². The number of aryl methyl sites for hydroxylation is 1. The van der Waals surface area contributed by atoms with Crippen molar-refractivity contribution in [1.82, 2.24) is 0 Å². The third kappa shape index (κ3) is 5.13. The molecule has 2 aromatic rings. The highest BCUT2D eigenvalue weighted by atomic mass is 35.5. The minimum absolute atomic E-state index is 0.00711. The molecule has 2 rings (SSSR count). The Hall–Kier alpha value is -2.21. The zero-order valence-corrected chi connectivity index (χ0v) is 14.4. The van der Waals surface area contributed by atoms with Crippen molar-refractivity contribution >= 4 is 23.2 Å². The van der Waals surface area contributed by atoms with E-state index in [1.54, 1.807) is 19.1 Å². The lowest BCUT2D eigenvalue weighted by atomic mass is 10.1. The number of carbonyl (C=O) groups excluding carboxylic acids is 1. The van der Waals surface area contributed by atoms with Crippen molar-refractivity contribution in [2.75, 3.05) is 5.32 Å². The summed E-state index contributed by atoms with van der Waals surface area (Å²) in [6.45, 7) is 3.67. The molecule has 0 aliphatic carbocycles. The average molecular weight is 372 g/mol. The van der Waals surface area contributed by atoms with Gasteiger partial charge in [-0.2, -0.15) is 13.2 Å². The quantitative estimate of drug-likeness (QED) is 0.757. The van der Waals surface area contributed by atoms with E-state index >= 15 is 0 Å². The van der Waals surface area contributed by atoms with Crippen LogP contribution in [0.4, 0.5) is 18.9 Å². The van der Waals surface area contributed by atoms with Crippen LogP contribution in [0.15, 0.2) is 42.5 Å². The summed E-state index contributed by atoms with van der Waals surface area (Å²) >= 11 is 5.57. The summed E-state index contributed by atoms with van der Waals surface area (Å²) in [4.78, 5) is 12.3. The predicted molar refractivity (Wildman–Crippen MR) is 91.0 cm³/mol. The van der Waals surface area contributed by atoms with Gasteiger partial charge in [0.05, 0.1) is 10.6 Å². The van der Waals surface area contributed by atoms with E-state index in [0.29, 0.717) is 12.2 Å². The molecule has 0 unspecified atom stereocenters. The van der Waals surface area contributed by atoms with E-state index in [-0.39, 0.29) is 5.69 Å². The Balaban J connectivity index is 2.12. The Bertz CT molecular complexity index is 745. The third-order valence-electron chi connectivity index (χ3n) is 3.50. The first-order valence-electron chi connectivity index (χ1n) is 7.61. The second kappa shape index (κ2) is 7.78. The molecule has 25 heavy (non-hydrogen) atoms. The van der Waals surface area contributed by atoms with Crippen LogP contribution in [0.3, 0.4) is 0 Å². The highest BCUT2D eigenvalue weighted by Crippen LogP contribution is 2.36. The van der Waals surface area contributed by atoms with E-state index in [2.05, 4.69) is 5.32 Å². The number of nitrogens with one attached hydrogen (secondary N) is 1. The molecule has 1 N–H and O–H groups in total. The smallest absolute Gasteiger partial charge is 0.417 e. The van der Waals surface area contributed by atoms with Crippen molar-refractivity contribution in [3.05, 3.63) is 58.6 Å². The summed E-state index contributed by atoms with van der Waals surface area (Å²) in [5.41, 5.74) is 0.0536. The predicted octanol–water partition coefficient (Wildman–Crippen LogP) is 5.46. The number of amides is 1. The maximum atomic E-state index is 12.9. The lowest BCUT2D eigenvalue weighted by Gasteiger charge is -2.18. The number of benzene rings is 2. The highest BCUT2D eigenvalue weighted by molar-refractivity contribution is 6.31. The van der Waals surface area contributed by atoms with Gasteiger partial charge < -0.3 is 10.1 Å². The Morgan fingerprint density at radius 1 is 1.20 bits per heavy atom. The van der Waals surface area contributed by atoms with Gasteiger partial charge in [0.25, 0.3) is 5.91 Å². The molecule has 0 radical (unpaired) electrons. The van der Waals surface area contributed by atoms with Crippen LogP contribution in [0.2, 0.25) is 5.02 Å². The first-order valence-corrected chi connectivity index (χ1v) is 7.99. The number of halogens is 4. The van der Waals surface area contributed by atoms with Crippen molar-refractivity contribution in [2.24, 2.45) is 0 Å². The molecule has 0 spiro atoms. The molecule has 0 bridgehead atoms. The molecule has 1 amide bonds. The first-order chi connectivity index (χ1) is 11.7. The summed E-state index contributed by atoms with van der Waals surface area (Å²) in [5.74, 6) is -0.0155. The van der Waals surface area contributed by atoms with E-state index < -0.39 is 28.8 Å². The van der Waals surface area contributed by atoms with Gasteiger partial charge in [-0.05, 0) is 43.7 Å². The summed E-state index contributed by atoms with van der Waals surface area (Å²) in [5, 5.41) is 2.02. The summed E-state index contributed by atoms with van der Waals surface area (Å²) in [7, 11) is 0. The van der Waals surface area contributed by atoms with Crippen LogP contribution in [-0.2, 0) is 11.0 Å². The molecule has 2 aromatic carbocycles. The molecule has 0 heterocycles. The average Bonchev–Trinajstić information content (AvgIpc) is 2.55. The zero-order valence-electron chi connectivity index (χ0n) is 13.7. The first kappa shape index (κ1) is 19.1. The van der Waals surface area contributed by atoms with Gasteiger partial charge in [-0.3, -0.25) is 4.79 Å². The van der Waals surface area contributed by atoms with E-state index in [9.17, 15) is 18.0 Å². The van der Waals surface area contributed by atoms with Crippen LogP contribution in [-0.4, -0.2) is 12.0 Å². The Labute approximate surface area is 148 Å². The minimum Gasteiger partial charge on any atom is -0.481 e. The lowest BCUT2D eigenvalue weighted by molar-refractivity contribution is -0.137. The van der Waals surface area contributed by atoms with Gasteiger partial charge in [0.1, 0.15) is 5.75 Å². The van der Waals surface area contributed by atoms with Gasteiger partial charge in [0, 0.05) is 5.69 Å². The molecule has 0 saturated heterocycles. The Morgan fingerprint density at radius 2 is 1.84 bits per heavy atom. The van der Waals surface area contributed by atoms with Gasteiger partial charge in [-0.15, -0.1) is 0 Å². The van der Waals surface area contributed by atoms with Crippen molar-refractivity contribution in [3.8, 4) is 5.75 Å². The van der Waals surface area contributed by atoms with Crippen LogP contribution in [0.1, 0.15) is 24.5 Å². The number of hydrogen-bond acceptors (Lipinski definition) is 2. The summed E-state index contributed by atoms with van der Waals surface area (Å²) in [6.07, 6.45) is -5.06. The number of hydrogen-bond donors (Lipinski definition) is 1. The number of ether oxygens (including phenoxy) is 1. The van der Waals surface area contributed by atoms with Crippen molar-refractivity contribution in [1.29, 1.82) is 0 Å². The van der Waals surface area contributed by atoms with Crippen molar-refractivity contribution in [2.45, 2.75) is 32.5 Å². The number of anilines is 1. The second-order valence-corrected chi connectivity index (χ2v) is 5.92. The van der Waals surface area contributed by atoms with Gasteiger partial charge in [-0.25, -0.2) is 0 Å². The van der Waals surface area contributed by atoms with Crippen LogP contribution < -0.4 is 10.1 Å². The van der Waals surface area contributed by atoms with Crippen LogP contribution >= 0.6 is 11.6 Å². The Morgan fingerprint density at radius 3 is 2.40 bits per heavy atom. The molecule has 0 saturated carbocycles. The fourth-order valence-electron chi connectivity index (χ4n) is 2.15. The summed E-state index contributed by atoms with van der Waals surface area (Å²) < 4.78 is 44.3. The second-order valence-electron chi connectivity index (χ2n) is 5.51.